The van der Waals surface area contributed by atoms with Crippen molar-refractivity contribution in [2.24, 2.45) is 7.05 Å². The van der Waals surface area contributed by atoms with Crippen molar-refractivity contribution in [1.82, 2.24) is 9.78 Å². The van der Waals surface area contributed by atoms with Crippen molar-refractivity contribution < 1.29 is 22.7 Å². The third-order valence-corrected chi connectivity index (χ3v) is 4.42. The van der Waals surface area contributed by atoms with E-state index in [4.69, 9.17) is 4.74 Å². The number of amides is 1. The minimum absolute atomic E-state index is 0.110. The second kappa shape index (κ2) is 7.50. The van der Waals surface area contributed by atoms with Crippen LogP contribution in [0.4, 0.5) is 24.7 Å². The molecule has 1 saturated heterocycles. The van der Waals surface area contributed by atoms with Crippen molar-refractivity contribution in [3.8, 4) is 5.75 Å². The number of ether oxygens (including phenoxy) is 1. The molecule has 1 aliphatic rings. The number of hydrogen-bond acceptors (Lipinski definition) is 4. The molecule has 1 atom stereocenters. The van der Waals surface area contributed by atoms with Gasteiger partial charge < -0.3 is 10.1 Å². The molecular formula is C18H21F3N4O2. The first kappa shape index (κ1) is 19.1. The van der Waals surface area contributed by atoms with Crippen LogP contribution in [0.1, 0.15) is 18.4 Å². The maximum Gasteiger partial charge on any atom is 0.422 e. The topological polar surface area (TPSA) is 59.4 Å². The molecule has 1 amide bonds. The zero-order chi connectivity index (χ0) is 19.6. The van der Waals surface area contributed by atoms with Crippen LogP contribution in [0.3, 0.4) is 0 Å². The Balaban J connectivity index is 1.73. The second-order valence-corrected chi connectivity index (χ2v) is 6.51. The van der Waals surface area contributed by atoms with Gasteiger partial charge in [0.25, 0.3) is 5.91 Å². The molecule has 1 fully saturated rings. The number of benzene rings is 1. The molecule has 0 aliphatic carbocycles. The van der Waals surface area contributed by atoms with Gasteiger partial charge in [-0.3, -0.25) is 14.4 Å². The number of alkyl halides is 3. The maximum atomic E-state index is 12.8. The summed E-state index contributed by atoms with van der Waals surface area (Å²) in [5.74, 6) is 0.621. The number of piperidine rings is 1. The van der Waals surface area contributed by atoms with Gasteiger partial charge in [-0.1, -0.05) is 6.07 Å². The molecule has 6 nitrogen and oxygen atoms in total. The average Bonchev–Trinajstić information content (AvgIpc) is 3.03. The van der Waals surface area contributed by atoms with E-state index >= 15 is 0 Å². The van der Waals surface area contributed by atoms with Crippen LogP contribution in [-0.4, -0.2) is 41.1 Å². The predicted octanol–water partition coefficient (Wildman–Crippen LogP) is 3.28. The van der Waals surface area contributed by atoms with E-state index in [0.717, 1.165) is 6.42 Å². The van der Waals surface area contributed by atoms with Gasteiger partial charge in [0, 0.05) is 37.1 Å². The van der Waals surface area contributed by atoms with Gasteiger partial charge in [0.05, 0.1) is 0 Å². The summed E-state index contributed by atoms with van der Waals surface area (Å²) in [7, 11) is 1.78. The summed E-state index contributed by atoms with van der Waals surface area (Å²) in [5, 5.41) is 7.43. The van der Waals surface area contributed by atoms with Crippen LogP contribution in [0.25, 0.3) is 0 Å². The van der Waals surface area contributed by atoms with Gasteiger partial charge in [0.2, 0.25) is 0 Å². The highest BCUT2D eigenvalue weighted by Gasteiger charge is 2.32. The third kappa shape index (κ3) is 4.53. The molecule has 27 heavy (non-hydrogen) atoms. The molecule has 0 saturated carbocycles. The molecule has 0 spiro atoms. The SMILES string of the molecule is Cc1c(N[C@@H]2CCCN(c3ccn(C)n3)C2=O)cccc1OCC(F)(F)F. The number of aryl methyl sites for hydroxylation is 1. The highest BCUT2D eigenvalue weighted by Crippen LogP contribution is 2.29. The predicted molar refractivity (Wildman–Crippen MR) is 94.9 cm³/mol. The Morgan fingerprint density at radius 2 is 2.11 bits per heavy atom. The van der Waals surface area contributed by atoms with Crippen molar-refractivity contribution in [3.05, 3.63) is 36.0 Å². The summed E-state index contributed by atoms with van der Waals surface area (Å²) in [6.45, 7) is 0.896. The van der Waals surface area contributed by atoms with E-state index in [0.29, 0.717) is 30.0 Å². The van der Waals surface area contributed by atoms with Gasteiger partial charge in [-0.2, -0.15) is 18.3 Å². The van der Waals surface area contributed by atoms with Crippen molar-refractivity contribution >= 4 is 17.4 Å². The van der Waals surface area contributed by atoms with Crippen molar-refractivity contribution in [2.45, 2.75) is 32.0 Å². The number of rotatable bonds is 5. The molecule has 2 heterocycles. The molecule has 9 heteroatoms. The minimum atomic E-state index is -4.40. The number of nitrogens with zero attached hydrogens (tertiary/aromatic N) is 3. The van der Waals surface area contributed by atoms with E-state index in [1.54, 1.807) is 47.9 Å². The summed E-state index contributed by atoms with van der Waals surface area (Å²) in [6, 6.07) is 6.11. The lowest BCUT2D eigenvalue weighted by Crippen LogP contribution is -2.48. The van der Waals surface area contributed by atoms with Crippen LogP contribution in [0.15, 0.2) is 30.5 Å². The lowest BCUT2D eigenvalue weighted by Gasteiger charge is -2.32. The summed E-state index contributed by atoms with van der Waals surface area (Å²) >= 11 is 0. The largest absolute Gasteiger partial charge is 0.484 e. The average molecular weight is 382 g/mol. The quantitative estimate of drug-likeness (QED) is 0.862. The Morgan fingerprint density at radius 3 is 2.78 bits per heavy atom. The number of aromatic nitrogens is 2. The van der Waals surface area contributed by atoms with E-state index in [9.17, 15) is 18.0 Å². The Kier molecular flexibility index (Phi) is 5.29. The molecule has 1 aliphatic heterocycles. The first-order chi connectivity index (χ1) is 12.7. The van der Waals surface area contributed by atoms with Crippen molar-refractivity contribution in [2.75, 3.05) is 23.4 Å². The molecule has 0 radical (unpaired) electrons. The minimum Gasteiger partial charge on any atom is -0.484 e. The normalized spacial score (nSPS) is 17.9. The zero-order valence-electron chi connectivity index (χ0n) is 15.1. The van der Waals surface area contributed by atoms with Crippen molar-refractivity contribution in [3.63, 3.8) is 0 Å². The van der Waals surface area contributed by atoms with Crippen LogP contribution < -0.4 is 15.0 Å². The summed E-state index contributed by atoms with van der Waals surface area (Å²) in [4.78, 5) is 14.5. The van der Waals surface area contributed by atoms with E-state index < -0.39 is 18.8 Å². The Bertz CT molecular complexity index is 819. The van der Waals surface area contributed by atoms with Crippen LogP contribution in [-0.2, 0) is 11.8 Å². The molecule has 1 N–H and O–H groups in total. The van der Waals surface area contributed by atoms with Gasteiger partial charge >= 0.3 is 6.18 Å². The summed E-state index contributed by atoms with van der Waals surface area (Å²) < 4.78 is 43.7. The van der Waals surface area contributed by atoms with E-state index in [-0.39, 0.29) is 11.7 Å². The number of carbonyl (C=O) groups excluding carboxylic acids is 1. The first-order valence-electron chi connectivity index (χ1n) is 8.61. The number of hydrogen-bond donors (Lipinski definition) is 1. The molecule has 3 rings (SSSR count). The zero-order valence-corrected chi connectivity index (χ0v) is 15.1. The van der Waals surface area contributed by atoms with Crippen LogP contribution in [0, 0.1) is 6.92 Å². The Morgan fingerprint density at radius 1 is 1.33 bits per heavy atom. The second-order valence-electron chi connectivity index (χ2n) is 6.51. The fourth-order valence-corrected chi connectivity index (χ4v) is 3.06. The lowest BCUT2D eigenvalue weighted by molar-refractivity contribution is -0.153. The molecule has 1 aromatic carbocycles. The first-order valence-corrected chi connectivity index (χ1v) is 8.61. The lowest BCUT2D eigenvalue weighted by atomic mass is 10.0. The molecule has 2 aromatic rings. The van der Waals surface area contributed by atoms with Crippen molar-refractivity contribution in [1.29, 1.82) is 0 Å². The highest BCUT2D eigenvalue weighted by atomic mass is 19.4. The fraction of sp³-hybridized carbons (Fsp3) is 0.444. The molecule has 1 aromatic heterocycles. The number of nitrogens with one attached hydrogen (secondary N) is 1. The van der Waals surface area contributed by atoms with Gasteiger partial charge in [0.15, 0.2) is 12.4 Å². The van der Waals surface area contributed by atoms with Crippen LogP contribution in [0.2, 0.25) is 0 Å². The monoisotopic (exact) mass is 382 g/mol. The third-order valence-electron chi connectivity index (χ3n) is 4.42. The van der Waals surface area contributed by atoms with E-state index in [2.05, 4.69) is 10.4 Å². The van der Waals surface area contributed by atoms with E-state index in [1.165, 1.54) is 6.07 Å². The number of carbonyl (C=O) groups is 1. The van der Waals surface area contributed by atoms with Crippen LogP contribution >= 0.6 is 0 Å². The standard InChI is InChI=1S/C18H21F3N4O2/c1-12-13(5-3-7-15(12)27-11-18(19,20)21)22-14-6-4-9-25(17(14)26)16-8-10-24(2)23-16/h3,5,7-8,10,14,22H,4,6,9,11H2,1-2H3/t14-/m1/s1. The Hall–Kier alpha value is -2.71. The maximum absolute atomic E-state index is 12.8. The number of anilines is 2. The van der Waals surface area contributed by atoms with Gasteiger partial charge in [0.1, 0.15) is 11.8 Å². The van der Waals surface area contributed by atoms with Gasteiger partial charge in [-0.25, -0.2) is 0 Å². The van der Waals surface area contributed by atoms with Gasteiger partial charge in [-0.15, -0.1) is 0 Å². The van der Waals surface area contributed by atoms with Crippen LogP contribution in [0.5, 0.6) is 5.75 Å². The molecule has 146 valence electrons. The Labute approximate surface area is 154 Å². The van der Waals surface area contributed by atoms with Gasteiger partial charge in [-0.05, 0) is 31.9 Å². The molecule has 0 bridgehead atoms. The molecule has 0 unspecified atom stereocenters. The fourth-order valence-electron chi connectivity index (χ4n) is 3.06. The number of halogens is 3. The molecular weight excluding hydrogens is 361 g/mol. The van der Waals surface area contributed by atoms with E-state index in [1.807, 2.05) is 0 Å². The highest BCUT2D eigenvalue weighted by molar-refractivity contribution is 5.98. The summed E-state index contributed by atoms with van der Waals surface area (Å²) in [5.41, 5.74) is 1.11. The smallest absolute Gasteiger partial charge is 0.422 e. The summed E-state index contributed by atoms with van der Waals surface area (Å²) in [6.07, 6.45) is -1.21.